The minimum Gasteiger partial charge on any atom is -0.369 e. The van der Waals surface area contributed by atoms with E-state index in [-0.39, 0.29) is 5.91 Å². The van der Waals surface area contributed by atoms with Gasteiger partial charge >= 0.3 is 0 Å². The number of carbonyl (C=O) groups is 2. The smallest absolute Gasteiger partial charge is 0.232 e. The van der Waals surface area contributed by atoms with Gasteiger partial charge in [-0.1, -0.05) is 77.6 Å². The first-order chi connectivity index (χ1) is 10.6. The Bertz CT molecular complexity index is 293. The fourth-order valence-electron chi connectivity index (χ4n) is 2.46. The first kappa shape index (κ1) is 20.9. The molecule has 0 saturated carbocycles. The van der Waals surface area contributed by atoms with Gasteiger partial charge in [0.05, 0.1) is 0 Å². The molecule has 130 valence electrons. The Kier molecular flexibility index (Phi) is 14.1. The maximum atomic E-state index is 11.5. The fourth-order valence-corrected chi connectivity index (χ4v) is 2.46. The largest absolute Gasteiger partial charge is 0.369 e. The van der Waals surface area contributed by atoms with Crippen LogP contribution < -0.4 is 11.1 Å². The summed E-state index contributed by atoms with van der Waals surface area (Å²) < 4.78 is 0. The first-order valence-corrected chi connectivity index (χ1v) is 9.16. The third kappa shape index (κ3) is 12.7. The van der Waals surface area contributed by atoms with E-state index in [1.54, 1.807) is 6.92 Å². The van der Waals surface area contributed by atoms with E-state index in [9.17, 15) is 9.59 Å². The highest BCUT2D eigenvalue weighted by Crippen LogP contribution is 2.11. The maximum absolute atomic E-state index is 11.5. The van der Waals surface area contributed by atoms with E-state index in [0.717, 1.165) is 12.8 Å². The molecule has 0 rings (SSSR count). The average Bonchev–Trinajstić information content (AvgIpc) is 2.50. The van der Waals surface area contributed by atoms with Gasteiger partial charge in [0, 0.05) is 6.54 Å². The van der Waals surface area contributed by atoms with Crippen molar-refractivity contribution in [1.82, 2.24) is 5.32 Å². The van der Waals surface area contributed by atoms with E-state index in [2.05, 4.69) is 12.2 Å². The fraction of sp³-hybridized carbons (Fsp3) is 0.889. The van der Waals surface area contributed by atoms with Crippen molar-refractivity contribution in [2.75, 3.05) is 6.54 Å². The van der Waals surface area contributed by atoms with Gasteiger partial charge < -0.3 is 11.1 Å². The van der Waals surface area contributed by atoms with Crippen LogP contribution in [-0.2, 0) is 9.59 Å². The van der Waals surface area contributed by atoms with Gasteiger partial charge in [-0.2, -0.15) is 0 Å². The zero-order valence-electron chi connectivity index (χ0n) is 14.7. The van der Waals surface area contributed by atoms with Crippen molar-refractivity contribution in [3.63, 3.8) is 0 Å². The van der Waals surface area contributed by atoms with Gasteiger partial charge in [-0.05, 0) is 13.3 Å². The molecule has 0 radical (unpaired) electrons. The van der Waals surface area contributed by atoms with Gasteiger partial charge in [0.2, 0.25) is 11.8 Å². The van der Waals surface area contributed by atoms with Gasteiger partial charge in [-0.15, -0.1) is 0 Å². The van der Waals surface area contributed by atoms with Crippen LogP contribution >= 0.6 is 0 Å². The van der Waals surface area contributed by atoms with Crippen molar-refractivity contribution in [1.29, 1.82) is 0 Å². The first-order valence-electron chi connectivity index (χ1n) is 9.16. The zero-order valence-corrected chi connectivity index (χ0v) is 14.7. The van der Waals surface area contributed by atoms with Crippen LogP contribution in [0.2, 0.25) is 0 Å². The second-order valence-electron chi connectivity index (χ2n) is 6.30. The molecule has 3 N–H and O–H groups in total. The van der Waals surface area contributed by atoms with E-state index in [1.165, 1.54) is 64.2 Å². The number of primary amides is 1. The number of rotatable bonds is 15. The molecule has 1 unspecified atom stereocenters. The van der Waals surface area contributed by atoms with E-state index < -0.39 is 11.8 Å². The Morgan fingerprint density at radius 3 is 1.64 bits per heavy atom. The Morgan fingerprint density at radius 2 is 1.23 bits per heavy atom. The van der Waals surface area contributed by atoms with Crippen LogP contribution in [0.25, 0.3) is 0 Å². The molecule has 4 heteroatoms. The number of nitrogens with two attached hydrogens (primary N) is 1. The molecule has 0 aromatic rings. The molecule has 2 amide bonds. The van der Waals surface area contributed by atoms with Crippen LogP contribution in [-0.4, -0.2) is 18.4 Å². The number of hydrogen-bond acceptors (Lipinski definition) is 2. The number of unbranched alkanes of at least 4 members (excludes halogenated alkanes) is 11. The molecule has 0 aliphatic rings. The molecule has 0 aliphatic carbocycles. The Hall–Kier alpha value is -1.06. The maximum Gasteiger partial charge on any atom is 0.232 e. The second-order valence-corrected chi connectivity index (χ2v) is 6.30. The predicted octanol–water partition coefficient (Wildman–Crippen LogP) is 3.93. The molecule has 0 bridgehead atoms. The lowest BCUT2D eigenvalue weighted by Gasteiger charge is -2.08. The van der Waals surface area contributed by atoms with Crippen molar-refractivity contribution < 1.29 is 9.59 Å². The number of hydrogen-bond donors (Lipinski definition) is 2. The summed E-state index contributed by atoms with van der Waals surface area (Å²) in [6.07, 6.45) is 15.6. The molecule has 0 aliphatic heterocycles. The minimum atomic E-state index is -0.725. The summed E-state index contributed by atoms with van der Waals surface area (Å²) in [6.45, 7) is 4.44. The van der Waals surface area contributed by atoms with Crippen molar-refractivity contribution in [3.05, 3.63) is 0 Å². The normalized spacial score (nSPS) is 12.1. The molecule has 1 atom stereocenters. The summed E-state index contributed by atoms with van der Waals surface area (Å²) in [6, 6.07) is 0. The quantitative estimate of drug-likeness (QED) is 0.355. The molecule has 22 heavy (non-hydrogen) atoms. The number of nitrogens with one attached hydrogen (secondary N) is 1. The van der Waals surface area contributed by atoms with Crippen LogP contribution in [0, 0.1) is 5.92 Å². The number of amides is 2. The summed E-state index contributed by atoms with van der Waals surface area (Å²) in [5.41, 5.74) is 5.08. The highest BCUT2D eigenvalue weighted by Gasteiger charge is 2.17. The van der Waals surface area contributed by atoms with Crippen LogP contribution in [0.4, 0.5) is 0 Å². The predicted molar refractivity (Wildman–Crippen MR) is 92.4 cm³/mol. The van der Waals surface area contributed by atoms with Crippen LogP contribution in [0.5, 0.6) is 0 Å². The van der Waals surface area contributed by atoms with Crippen LogP contribution in [0.15, 0.2) is 0 Å². The molecule has 0 spiro atoms. The Morgan fingerprint density at radius 1 is 0.818 bits per heavy atom. The van der Waals surface area contributed by atoms with Gasteiger partial charge in [-0.25, -0.2) is 0 Å². The van der Waals surface area contributed by atoms with Gasteiger partial charge in [0.15, 0.2) is 0 Å². The lowest BCUT2D eigenvalue weighted by Crippen LogP contribution is -2.37. The summed E-state index contributed by atoms with van der Waals surface area (Å²) >= 11 is 0. The molecule has 0 aromatic carbocycles. The summed E-state index contributed by atoms with van der Waals surface area (Å²) in [7, 11) is 0. The molecule has 0 aromatic heterocycles. The van der Waals surface area contributed by atoms with E-state index in [4.69, 9.17) is 5.73 Å². The van der Waals surface area contributed by atoms with E-state index in [1.807, 2.05) is 0 Å². The second kappa shape index (κ2) is 14.9. The molecule has 0 heterocycles. The monoisotopic (exact) mass is 312 g/mol. The van der Waals surface area contributed by atoms with E-state index in [0.29, 0.717) is 6.54 Å². The minimum absolute atomic E-state index is 0.254. The van der Waals surface area contributed by atoms with Crippen molar-refractivity contribution in [2.24, 2.45) is 11.7 Å². The van der Waals surface area contributed by atoms with Crippen LogP contribution in [0.1, 0.15) is 90.9 Å². The topological polar surface area (TPSA) is 72.2 Å². The molecular formula is C18H36N2O2. The number of carbonyl (C=O) groups excluding carboxylic acids is 2. The summed E-state index contributed by atoms with van der Waals surface area (Å²) in [5, 5.41) is 2.76. The molecule has 4 nitrogen and oxygen atoms in total. The van der Waals surface area contributed by atoms with E-state index >= 15 is 0 Å². The Balaban J connectivity index is 3.21. The van der Waals surface area contributed by atoms with Crippen molar-refractivity contribution >= 4 is 11.8 Å². The SMILES string of the molecule is CCCCCCCCCCCCCCNC(=O)C(C)C(N)=O. The molecule has 0 fully saturated rings. The lowest BCUT2D eigenvalue weighted by atomic mass is 10.1. The van der Waals surface area contributed by atoms with Crippen LogP contribution in [0.3, 0.4) is 0 Å². The lowest BCUT2D eigenvalue weighted by molar-refractivity contribution is -0.132. The van der Waals surface area contributed by atoms with Gasteiger partial charge in [0.25, 0.3) is 0 Å². The Labute approximate surface area is 136 Å². The molecule has 0 saturated heterocycles. The third-order valence-electron chi connectivity index (χ3n) is 4.15. The van der Waals surface area contributed by atoms with Gasteiger partial charge in [0.1, 0.15) is 5.92 Å². The average molecular weight is 312 g/mol. The van der Waals surface area contributed by atoms with Crippen molar-refractivity contribution in [3.8, 4) is 0 Å². The third-order valence-corrected chi connectivity index (χ3v) is 4.15. The zero-order chi connectivity index (χ0) is 16.6. The highest BCUT2D eigenvalue weighted by molar-refractivity contribution is 5.99. The standard InChI is InChI=1S/C18H36N2O2/c1-3-4-5-6-7-8-9-10-11-12-13-14-15-20-18(22)16(2)17(19)21/h16H,3-15H2,1-2H3,(H2,19,21)(H,20,22). The summed E-state index contributed by atoms with van der Waals surface area (Å²) in [5.74, 6) is -1.54. The highest BCUT2D eigenvalue weighted by atomic mass is 16.2. The summed E-state index contributed by atoms with van der Waals surface area (Å²) in [4.78, 5) is 22.3. The van der Waals surface area contributed by atoms with Crippen molar-refractivity contribution in [2.45, 2.75) is 90.9 Å². The van der Waals surface area contributed by atoms with Gasteiger partial charge in [-0.3, -0.25) is 9.59 Å². The molecular weight excluding hydrogens is 276 g/mol.